The molecule has 4 aromatic heterocycles. The zero-order valence-corrected chi connectivity index (χ0v) is 16.9. The number of fused-ring (bicyclic) bond motifs is 2. The van der Waals surface area contributed by atoms with Gasteiger partial charge in [-0.1, -0.05) is 41.5 Å². The molecule has 0 saturated heterocycles. The summed E-state index contributed by atoms with van der Waals surface area (Å²) in [6.45, 7) is 13.3. The van der Waals surface area contributed by atoms with Gasteiger partial charge in [-0.05, 0) is 29.4 Å². The summed E-state index contributed by atoms with van der Waals surface area (Å²) in [5.41, 5.74) is 6.26. The third-order valence-corrected chi connectivity index (χ3v) is 4.73. The van der Waals surface area contributed by atoms with Gasteiger partial charge in [-0.3, -0.25) is 4.98 Å². The van der Waals surface area contributed by atoms with Crippen LogP contribution in [0.15, 0.2) is 37.1 Å². The molecule has 0 amide bonds. The van der Waals surface area contributed by atoms with Gasteiger partial charge in [-0.15, -0.1) is 0 Å². The zero-order chi connectivity index (χ0) is 19.4. The molecule has 6 nitrogen and oxygen atoms in total. The van der Waals surface area contributed by atoms with Gasteiger partial charge in [-0.2, -0.15) is 10.2 Å². The Hall–Kier alpha value is -2.76. The normalized spacial score (nSPS) is 13.0. The molecular formula is C21H26N6. The summed E-state index contributed by atoms with van der Waals surface area (Å²) in [6.07, 6.45) is 8.20. The minimum atomic E-state index is 0.00278. The quantitative estimate of drug-likeness (QED) is 0.533. The molecular weight excluding hydrogens is 336 g/mol. The molecule has 27 heavy (non-hydrogen) atoms. The van der Waals surface area contributed by atoms with Crippen LogP contribution in [0.4, 0.5) is 0 Å². The molecule has 0 aliphatic heterocycles. The number of pyridine rings is 1. The van der Waals surface area contributed by atoms with Crippen LogP contribution in [0.1, 0.15) is 52.8 Å². The number of rotatable bonds is 2. The fraction of sp³-hybridized carbons (Fsp3) is 0.429. The van der Waals surface area contributed by atoms with Crippen LogP contribution in [-0.2, 0) is 11.8 Å². The maximum absolute atomic E-state index is 4.65. The summed E-state index contributed by atoms with van der Waals surface area (Å²) in [5, 5.41) is 9.12. The second-order valence-corrected chi connectivity index (χ2v) is 9.37. The van der Waals surface area contributed by atoms with E-state index in [1.165, 1.54) is 5.56 Å². The highest BCUT2D eigenvalue weighted by atomic mass is 15.3. The third-order valence-electron chi connectivity index (χ3n) is 4.73. The van der Waals surface area contributed by atoms with Crippen molar-refractivity contribution >= 4 is 11.2 Å². The van der Waals surface area contributed by atoms with E-state index in [2.05, 4.69) is 73.8 Å². The molecule has 0 aliphatic rings. The van der Waals surface area contributed by atoms with Crippen LogP contribution in [0.5, 0.6) is 0 Å². The molecule has 0 aliphatic carbocycles. The van der Waals surface area contributed by atoms with E-state index in [-0.39, 0.29) is 10.8 Å². The van der Waals surface area contributed by atoms with Gasteiger partial charge >= 0.3 is 0 Å². The van der Waals surface area contributed by atoms with E-state index in [1.807, 2.05) is 27.6 Å². The molecule has 0 unspecified atom stereocenters. The number of aromatic nitrogens is 6. The fourth-order valence-electron chi connectivity index (χ4n) is 3.51. The van der Waals surface area contributed by atoms with Gasteiger partial charge in [-0.25, -0.2) is 14.0 Å². The molecule has 4 aromatic rings. The predicted molar refractivity (Wildman–Crippen MR) is 107 cm³/mol. The lowest BCUT2D eigenvalue weighted by Gasteiger charge is -2.19. The molecule has 0 aromatic carbocycles. The topological polar surface area (TPSA) is 60.4 Å². The van der Waals surface area contributed by atoms with Crippen LogP contribution in [0, 0.1) is 5.41 Å². The van der Waals surface area contributed by atoms with Crippen molar-refractivity contribution in [1.29, 1.82) is 0 Å². The monoisotopic (exact) mass is 362 g/mol. The second-order valence-electron chi connectivity index (χ2n) is 9.37. The Morgan fingerprint density at radius 1 is 0.889 bits per heavy atom. The van der Waals surface area contributed by atoms with E-state index in [1.54, 1.807) is 6.33 Å². The second kappa shape index (κ2) is 5.87. The highest BCUT2D eigenvalue weighted by Gasteiger charge is 2.22. The first-order chi connectivity index (χ1) is 12.6. The Bertz CT molecular complexity index is 1120. The van der Waals surface area contributed by atoms with Crippen LogP contribution >= 0.6 is 0 Å². The summed E-state index contributed by atoms with van der Waals surface area (Å²) in [4.78, 5) is 9.02. The van der Waals surface area contributed by atoms with Crippen molar-refractivity contribution in [2.75, 3.05) is 0 Å². The van der Waals surface area contributed by atoms with Crippen molar-refractivity contribution in [3.05, 3.63) is 48.3 Å². The highest BCUT2D eigenvalue weighted by Crippen LogP contribution is 2.31. The van der Waals surface area contributed by atoms with E-state index in [0.29, 0.717) is 0 Å². The van der Waals surface area contributed by atoms with Crippen molar-refractivity contribution < 1.29 is 0 Å². The molecule has 0 atom stereocenters. The molecule has 0 spiro atoms. The van der Waals surface area contributed by atoms with E-state index >= 15 is 0 Å². The average molecular weight is 362 g/mol. The summed E-state index contributed by atoms with van der Waals surface area (Å²) in [5.74, 6) is 0. The Kier molecular flexibility index (Phi) is 3.84. The minimum Gasteiger partial charge on any atom is -0.260 e. The Morgan fingerprint density at radius 2 is 1.67 bits per heavy atom. The summed E-state index contributed by atoms with van der Waals surface area (Å²) < 4.78 is 3.90. The van der Waals surface area contributed by atoms with Crippen molar-refractivity contribution in [2.24, 2.45) is 5.41 Å². The van der Waals surface area contributed by atoms with Crippen molar-refractivity contribution in [2.45, 2.75) is 53.4 Å². The van der Waals surface area contributed by atoms with Crippen LogP contribution in [0.3, 0.4) is 0 Å². The maximum atomic E-state index is 4.65. The molecule has 0 fully saturated rings. The fourth-order valence-corrected chi connectivity index (χ4v) is 3.51. The Morgan fingerprint density at radius 3 is 2.37 bits per heavy atom. The van der Waals surface area contributed by atoms with E-state index < -0.39 is 0 Å². The van der Waals surface area contributed by atoms with E-state index in [9.17, 15) is 0 Å². The molecule has 0 saturated carbocycles. The highest BCUT2D eigenvalue weighted by molar-refractivity contribution is 5.76. The van der Waals surface area contributed by atoms with Crippen molar-refractivity contribution in [3.8, 4) is 11.3 Å². The standard InChI is InChI=1S/C21H26N6/c1-20(2,3)9-14-7-8-15(19-23-13-25-26(14)19)17-11-22-12-18-16(21(4,5)6)10-24-27(17)18/h7-8,10-13H,9H2,1-6H3. The first-order valence-electron chi connectivity index (χ1n) is 9.29. The van der Waals surface area contributed by atoms with Crippen LogP contribution in [-0.4, -0.2) is 29.2 Å². The smallest absolute Gasteiger partial charge is 0.164 e. The summed E-state index contributed by atoms with van der Waals surface area (Å²) in [6, 6.07) is 4.25. The van der Waals surface area contributed by atoms with Crippen LogP contribution in [0.2, 0.25) is 0 Å². The largest absolute Gasteiger partial charge is 0.260 e. The Balaban J connectivity index is 1.93. The number of hydrogen-bond acceptors (Lipinski definition) is 4. The molecule has 4 rings (SSSR count). The minimum absolute atomic E-state index is 0.00278. The summed E-state index contributed by atoms with van der Waals surface area (Å²) in [7, 11) is 0. The first kappa shape index (κ1) is 17.6. The van der Waals surface area contributed by atoms with E-state index in [4.69, 9.17) is 0 Å². The van der Waals surface area contributed by atoms with Gasteiger partial charge < -0.3 is 0 Å². The number of hydrogen-bond donors (Lipinski definition) is 0. The molecule has 0 radical (unpaired) electrons. The van der Waals surface area contributed by atoms with Crippen molar-refractivity contribution in [1.82, 2.24) is 29.2 Å². The van der Waals surface area contributed by atoms with Crippen LogP contribution < -0.4 is 0 Å². The average Bonchev–Trinajstić information content (AvgIpc) is 3.20. The first-order valence-corrected chi connectivity index (χ1v) is 9.29. The lowest BCUT2D eigenvalue weighted by atomic mass is 9.88. The van der Waals surface area contributed by atoms with Gasteiger partial charge in [0.2, 0.25) is 0 Å². The van der Waals surface area contributed by atoms with Crippen molar-refractivity contribution in [3.63, 3.8) is 0 Å². The SMILES string of the molecule is CC(C)(C)Cc1ccc(-c2cncc3c(C(C)(C)C)cnn23)c2ncnn12. The predicted octanol–water partition coefficient (Wildman–Crippen LogP) is 4.33. The lowest BCUT2D eigenvalue weighted by Crippen LogP contribution is -2.13. The maximum Gasteiger partial charge on any atom is 0.164 e. The molecule has 6 heteroatoms. The molecule has 140 valence electrons. The van der Waals surface area contributed by atoms with E-state index in [0.717, 1.165) is 34.5 Å². The van der Waals surface area contributed by atoms with Gasteiger partial charge in [0.1, 0.15) is 6.33 Å². The Labute approximate surface area is 159 Å². The van der Waals surface area contributed by atoms with Gasteiger partial charge in [0, 0.05) is 16.8 Å². The van der Waals surface area contributed by atoms with Crippen LogP contribution in [0.25, 0.3) is 22.4 Å². The lowest BCUT2D eigenvalue weighted by molar-refractivity contribution is 0.402. The third kappa shape index (κ3) is 3.09. The summed E-state index contributed by atoms with van der Waals surface area (Å²) >= 11 is 0. The van der Waals surface area contributed by atoms with Gasteiger partial charge in [0.15, 0.2) is 5.65 Å². The van der Waals surface area contributed by atoms with Gasteiger partial charge in [0.05, 0.1) is 29.8 Å². The van der Waals surface area contributed by atoms with Gasteiger partial charge in [0.25, 0.3) is 0 Å². The zero-order valence-electron chi connectivity index (χ0n) is 16.9. The number of nitrogens with zero attached hydrogens (tertiary/aromatic N) is 6. The molecule has 0 bridgehead atoms. The molecule has 4 heterocycles. The molecule has 0 N–H and O–H groups in total.